The van der Waals surface area contributed by atoms with Gasteiger partial charge in [0, 0.05) is 17.9 Å². The summed E-state index contributed by atoms with van der Waals surface area (Å²) in [5, 5.41) is 0. The number of alkyl halides is 1. The van der Waals surface area contributed by atoms with E-state index >= 15 is 0 Å². The third kappa shape index (κ3) is 2.09. The van der Waals surface area contributed by atoms with Gasteiger partial charge in [0.25, 0.3) is 0 Å². The van der Waals surface area contributed by atoms with E-state index < -0.39 is 0 Å². The number of hydrogen-bond acceptors (Lipinski definition) is 1. The second-order valence-electron chi connectivity index (χ2n) is 4.99. The van der Waals surface area contributed by atoms with Crippen LogP contribution in [0.15, 0.2) is 0 Å². The minimum atomic E-state index is 0.334. The zero-order valence-corrected chi connectivity index (χ0v) is 9.69. The fourth-order valence-corrected chi connectivity index (χ4v) is 3.55. The monoisotopic (exact) mass is 216 g/mol. The molecule has 0 amide bonds. The van der Waals surface area contributed by atoms with Gasteiger partial charge in [-0.05, 0) is 31.6 Å². The normalized spacial score (nSPS) is 35.8. The largest absolute Gasteiger partial charge is 0.381 e. The zero-order valence-electron chi connectivity index (χ0n) is 8.93. The molecule has 0 aromatic rings. The van der Waals surface area contributed by atoms with Crippen LogP contribution in [0.3, 0.4) is 0 Å². The van der Waals surface area contributed by atoms with Crippen LogP contribution in [0.1, 0.15) is 44.9 Å². The van der Waals surface area contributed by atoms with Crippen molar-refractivity contribution >= 4 is 11.6 Å². The third-order valence-electron chi connectivity index (χ3n) is 4.09. The van der Waals surface area contributed by atoms with Gasteiger partial charge in [-0.25, -0.2) is 0 Å². The van der Waals surface area contributed by atoms with Crippen molar-refractivity contribution in [2.75, 3.05) is 19.1 Å². The Labute approximate surface area is 92.2 Å². The Bertz CT molecular complexity index is 169. The number of halogens is 1. The van der Waals surface area contributed by atoms with Crippen LogP contribution >= 0.6 is 11.6 Å². The van der Waals surface area contributed by atoms with Gasteiger partial charge in [0.1, 0.15) is 0 Å². The molecule has 2 aliphatic rings. The van der Waals surface area contributed by atoms with Gasteiger partial charge in [-0.2, -0.15) is 0 Å². The first-order valence-corrected chi connectivity index (χ1v) is 6.54. The summed E-state index contributed by atoms with van der Waals surface area (Å²) < 4.78 is 5.65. The average Bonchev–Trinajstić information content (AvgIpc) is 2.31. The molecule has 0 aromatic heterocycles. The Morgan fingerprint density at radius 2 is 1.93 bits per heavy atom. The highest BCUT2D eigenvalue weighted by Gasteiger charge is 2.40. The van der Waals surface area contributed by atoms with Crippen LogP contribution in [0, 0.1) is 11.3 Å². The summed E-state index contributed by atoms with van der Waals surface area (Å²) in [5.41, 5.74) is 0.334. The molecule has 0 N–H and O–H groups in total. The van der Waals surface area contributed by atoms with Crippen molar-refractivity contribution in [1.82, 2.24) is 0 Å². The summed E-state index contributed by atoms with van der Waals surface area (Å²) >= 11 is 6.19. The SMILES string of the molecule is ClCC1(C2CCCCC2)CCCOC1. The summed E-state index contributed by atoms with van der Waals surface area (Å²) in [7, 11) is 0. The molecule has 1 unspecified atom stereocenters. The average molecular weight is 217 g/mol. The summed E-state index contributed by atoms with van der Waals surface area (Å²) in [4.78, 5) is 0. The Morgan fingerprint density at radius 3 is 2.50 bits per heavy atom. The molecule has 14 heavy (non-hydrogen) atoms. The van der Waals surface area contributed by atoms with Crippen LogP contribution in [0.25, 0.3) is 0 Å². The highest BCUT2D eigenvalue weighted by Crippen LogP contribution is 2.44. The lowest BCUT2D eigenvalue weighted by Crippen LogP contribution is -2.41. The zero-order chi connectivity index (χ0) is 9.86. The van der Waals surface area contributed by atoms with E-state index in [-0.39, 0.29) is 0 Å². The van der Waals surface area contributed by atoms with E-state index in [0.29, 0.717) is 5.41 Å². The Morgan fingerprint density at radius 1 is 1.14 bits per heavy atom. The standard InChI is InChI=1S/C12H21ClO/c13-9-12(7-4-8-14-10-12)11-5-2-1-3-6-11/h11H,1-10H2. The lowest BCUT2D eigenvalue weighted by Gasteiger charge is -2.43. The predicted octanol–water partition coefficient (Wildman–Crippen LogP) is 3.60. The van der Waals surface area contributed by atoms with E-state index in [2.05, 4.69) is 0 Å². The molecular weight excluding hydrogens is 196 g/mol. The first-order valence-electron chi connectivity index (χ1n) is 6.01. The Hall–Kier alpha value is 0.250. The van der Waals surface area contributed by atoms with E-state index in [4.69, 9.17) is 16.3 Å². The lowest BCUT2D eigenvalue weighted by molar-refractivity contribution is -0.0381. The van der Waals surface area contributed by atoms with E-state index in [1.165, 1.54) is 44.9 Å². The van der Waals surface area contributed by atoms with Crippen molar-refractivity contribution in [3.8, 4) is 0 Å². The van der Waals surface area contributed by atoms with Gasteiger partial charge in [0.05, 0.1) is 6.61 Å². The molecule has 2 heteroatoms. The van der Waals surface area contributed by atoms with Gasteiger partial charge in [-0.15, -0.1) is 11.6 Å². The first kappa shape index (κ1) is 10.8. The van der Waals surface area contributed by atoms with Crippen molar-refractivity contribution in [3.05, 3.63) is 0 Å². The minimum Gasteiger partial charge on any atom is -0.381 e. The minimum absolute atomic E-state index is 0.334. The van der Waals surface area contributed by atoms with Crippen LogP contribution in [0.4, 0.5) is 0 Å². The van der Waals surface area contributed by atoms with E-state index in [1.54, 1.807) is 0 Å². The summed E-state index contributed by atoms with van der Waals surface area (Å²) in [6.45, 7) is 1.87. The van der Waals surface area contributed by atoms with Crippen LogP contribution in [0.5, 0.6) is 0 Å². The molecule has 1 atom stereocenters. The van der Waals surface area contributed by atoms with Crippen molar-refractivity contribution < 1.29 is 4.74 Å². The smallest absolute Gasteiger partial charge is 0.0536 e. The molecule has 1 nitrogen and oxygen atoms in total. The Balaban J connectivity index is 2.01. The number of ether oxygens (including phenoxy) is 1. The first-order chi connectivity index (χ1) is 6.87. The molecule has 1 heterocycles. The van der Waals surface area contributed by atoms with Gasteiger partial charge < -0.3 is 4.74 Å². The van der Waals surface area contributed by atoms with Crippen molar-refractivity contribution in [1.29, 1.82) is 0 Å². The highest BCUT2D eigenvalue weighted by molar-refractivity contribution is 6.18. The summed E-state index contributed by atoms with van der Waals surface area (Å²) in [5.74, 6) is 1.64. The van der Waals surface area contributed by atoms with Crippen LogP contribution in [-0.4, -0.2) is 19.1 Å². The summed E-state index contributed by atoms with van der Waals surface area (Å²) in [6, 6.07) is 0. The molecule has 0 radical (unpaired) electrons. The molecule has 0 aromatic carbocycles. The molecule has 1 saturated carbocycles. The molecule has 2 rings (SSSR count). The number of rotatable bonds is 2. The van der Waals surface area contributed by atoms with Gasteiger partial charge in [0.2, 0.25) is 0 Å². The quantitative estimate of drug-likeness (QED) is 0.641. The van der Waals surface area contributed by atoms with Crippen molar-refractivity contribution in [3.63, 3.8) is 0 Å². The maximum Gasteiger partial charge on any atom is 0.0536 e. The molecule has 0 bridgehead atoms. The molecule has 1 saturated heterocycles. The second kappa shape index (κ2) is 4.85. The van der Waals surface area contributed by atoms with Gasteiger partial charge in [0.15, 0.2) is 0 Å². The van der Waals surface area contributed by atoms with E-state index in [1.807, 2.05) is 0 Å². The molecule has 2 fully saturated rings. The predicted molar refractivity (Wildman–Crippen MR) is 59.8 cm³/mol. The van der Waals surface area contributed by atoms with Crippen LogP contribution in [0.2, 0.25) is 0 Å². The van der Waals surface area contributed by atoms with E-state index in [9.17, 15) is 0 Å². The number of hydrogen-bond donors (Lipinski definition) is 0. The highest BCUT2D eigenvalue weighted by atomic mass is 35.5. The molecule has 0 spiro atoms. The third-order valence-corrected chi connectivity index (χ3v) is 4.62. The summed E-state index contributed by atoms with van der Waals surface area (Å²) in [6.07, 6.45) is 9.51. The lowest BCUT2D eigenvalue weighted by atomic mass is 9.67. The molecule has 1 aliphatic heterocycles. The van der Waals surface area contributed by atoms with Crippen LogP contribution in [-0.2, 0) is 4.74 Å². The molecule has 82 valence electrons. The van der Waals surface area contributed by atoms with Crippen molar-refractivity contribution in [2.24, 2.45) is 11.3 Å². The second-order valence-corrected chi connectivity index (χ2v) is 5.25. The van der Waals surface area contributed by atoms with Crippen LogP contribution < -0.4 is 0 Å². The topological polar surface area (TPSA) is 9.23 Å². The van der Waals surface area contributed by atoms with Crippen molar-refractivity contribution in [2.45, 2.75) is 44.9 Å². The van der Waals surface area contributed by atoms with E-state index in [0.717, 1.165) is 25.0 Å². The maximum atomic E-state index is 6.19. The molecular formula is C12H21ClO. The molecule has 1 aliphatic carbocycles. The van der Waals surface area contributed by atoms with Gasteiger partial charge >= 0.3 is 0 Å². The maximum absolute atomic E-state index is 6.19. The fourth-order valence-electron chi connectivity index (χ4n) is 3.13. The Kier molecular flexibility index (Phi) is 3.73. The van der Waals surface area contributed by atoms with Gasteiger partial charge in [-0.3, -0.25) is 0 Å². The van der Waals surface area contributed by atoms with Gasteiger partial charge in [-0.1, -0.05) is 19.3 Å². The fraction of sp³-hybridized carbons (Fsp3) is 1.00.